The van der Waals surface area contributed by atoms with E-state index in [1.807, 2.05) is 30.3 Å². The van der Waals surface area contributed by atoms with E-state index in [1.54, 1.807) is 20.8 Å². The van der Waals surface area contributed by atoms with Crippen LogP contribution in [0.5, 0.6) is 0 Å². The SMILES string of the molecule is CC(C)(C)OC(=O)N1CCN(OCc2ccccc2)C(=O)C1. The summed E-state index contributed by atoms with van der Waals surface area (Å²) in [6.07, 6.45) is -0.469. The molecule has 0 atom stereocenters. The van der Waals surface area contributed by atoms with E-state index in [1.165, 1.54) is 9.96 Å². The van der Waals surface area contributed by atoms with Gasteiger partial charge in [0.2, 0.25) is 0 Å². The summed E-state index contributed by atoms with van der Waals surface area (Å²) in [5.41, 5.74) is 0.422. The highest BCUT2D eigenvalue weighted by molar-refractivity contribution is 5.82. The van der Waals surface area contributed by atoms with Crippen LogP contribution in [0.3, 0.4) is 0 Å². The summed E-state index contributed by atoms with van der Waals surface area (Å²) in [4.78, 5) is 30.9. The van der Waals surface area contributed by atoms with Crippen molar-refractivity contribution in [2.45, 2.75) is 33.0 Å². The van der Waals surface area contributed by atoms with Crippen LogP contribution in [0.1, 0.15) is 26.3 Å². The first-order chi connectivity index (χ1) is 10.3. The maximum absolute atomic E-state index is 12.0. The van der Waals surface area contributed by atoms with Crippen molar-refractivity contribution in [3.63, 3.8) is 0 Å². The molecular formula is C16H22N2O4. The van der Waals surface area contributed by atoms with Gasteiger partial charge < -0.3 is 4.74 Å². The van der Waals surface area contributed by atoms with E-state index in [9.17, 15) is 9.59 Å². The lowest BCUT2D eigenvalue weighted by molar-refractivity contribution is -0.200. The Kier molecular flexibility index (Phi) is 5.03. The number of ether oxygens (including phenoxy) is 1. The van der Waals surface area contributed by atoms with E-state index in [0.29, 0.717) is 19.7 Å². The van der Waals surface area contributed by atoms with Crippen molar-refractivity contribution in [1.82, 2.24) is 9.96 Å². The number of carbonyl (C=O) groups is 2. The first-order valence-corrected chi connectivity index (χ1v) is 7.30. The van der Waals surface area contributed by atoms with Crippen molar-refractivity contribution in [3.8, 4) is 0 Å². The first kappa shape index (κ1) is 16.3. The molecule has 0 bridgehead atoms. The van der Waals surface area contributed by atoms with Crippen molar-refractivity contribution < 1.29 is 19.2 Å². The quantitative estimate of drug-likeness (QED) is 0.859. The van der Waals surface area contributed by atoms with Crippen LogP contribution in [-0.4, -0.2) is 47.2 Å². The fourth-order valence-corrected chi connectivity index (χ4v) is 2.00. The van der Waals surface area contributed by atoms with Gasteiger partial charge in [-0.1, -0.05) is 30.3 Å². The van der Waals surface area contributed by atoms with Crippen LogP contribution < -0.4 is 0 Å². The minimum Gasteiger partial charge on any atom is -0.444 e. The second-order valence-electron chi connectivity index (χ2n) is 6.16. The molecule has 0 aliphatic carbocycles. The molecule has 0 radical (unpaired) electrons. The van der Waals surface area contributed by atoms with E-state index in [0.717, 1.165) is 5.56 Å². The number of nitrogens with zero attached hydrogens (tertiary/aromatic N) is 2. The number of rotatable bonds is 3. The smallest absolute Gasteiger partial charge is 0.410 e. The van der Waals surface area contributed by atoms with Gasteiger partial charge in [-0.15, -0.1) is 0 Å². The van der Waals surface area contributed by atoms with Gasteiger partial charge in [-0.05, 0) is 26.3 Å². The number of benzene rings is 1. The van der Waals surface area contributed by atoms with Crippen LogP contribution in [0.25, 0.3) is 0 Å². The molecule has 1 heterocycles. The minimum absolute atomic E-state index is 0.0241. The van der Waals surface area contributed by atoms with Gasteiger partial charge in [-0.25, -0.2) is 9.86 Å². The lowest BCUT2D eigenvalue weighted by Gasteiger charge is -2.34. The highest BCUT2D eigenvalue weighted by Crippen LogP contribution is 2.13. The molecule has 2 rings (SSSR count). The molecule has 6 nitrogen and oxygen atoms in total. The number of piperazine rings is 1. The predicted octanol–water partition coefficient (Wildman–Crippen LogP) is 2.20. The lowest BCUT2D eigenvalue weighted by atomic mass is 10.2. The van der Waals surface area contributed by atoms with Crippen molar-refractivity contribution in [1.29, 1.82) is 0 Å². The number of carbonyl (C=O) groups excluding carboxylic acids is 2. The van der Waals surface area contributed by atoms with Gasteiger partial charge >= 0.3 is 6.09 Å². The van der Waals surface area contributed by atoms with E-state index in [4.69, 9.17) is 9.57 Å². The second kappa shape index (κ2) is 6.79. The first-order valence-electron chi connectivity index (χ1n) is 7.30. The average molecular weight is 306 g/mol. The van der Waals surface area contributed by atoms with Gasteiger partial charge in [0.05, 0.1) is 6.54 Å². The Morgan fingerprint density at radius 3 is 2.45 bits per heavy atom. The summed E-state index contributed by atoms with van der Waals surface area (Å²) in [6, 6.07) is 9.62. The zero-order valence-electron chi connectivity index (χ0n) is 13.2. The zero-order valence-corrected chi connectivity index (χ0v) is 13.2. The van der Waals surface area contributed by atoms with Crippen molar-refractivity contribution in [3.05, 3.63) is 35.9 Å². The zero-order chi connectivity index (χ0) is 16.2. The number of hydrogen-bond acceptors (Lipinski definition) is 4. The van der Waals surface area contributed by atoms with Crippen molar-refractivity contribution in [2.24, 2.45) is 0 Å². The number of amides is 2. The van der Waals surface area contributed by atoms with Crippen LogP contribution in [0.4, 0.5) is 4.79 Å². The molecular weight excluding hydrogens is 284 g/mol. The molecule has 0 aromatic heterocycles. The molecule has 0 spiro atoms. The molecule has 1 aromatic carbocycles. The minimum atomic E-state index is -0.568. The molecule has 0 saturated carbocycles. The van der Waals surface area contributed by atoms with Crippen molar-refractivity contribution >= 4 is 12.0 Å². The van der Waals surface area contributed by atoms with E-state index in [2.05, 4.69) is 0 Å². The van der Waals surface area contributed by atoms with Crippen LogP contribution in [0, 0.1) is 0 Å². The Morgan fingerprint density at radius 2 is 1.86 bits per heavy atom. The molecule has 1 saturated heterocycles. The van der Waals surface area contributed by atoms with Gasteiger partial charge in [0.1, 0.15) is 18.8 Å². The van der Waals surface area contributed by atoms with Gasteiger partial charge in [0, 0.05) is 6.54 Å². The second-order valence-corrected chi connectivity index (χ2v) is 6.16. The Labute approximate surface area is 130 Å². The van der Waals surface area contributed by atoms with Crippen LogP contribution in [-0.2, 0) is 21.0 Å². The topological polar surface area (TPSA) is 59.1 Å². The largest absolute Gasteiger partial charge is 0.444 e. The van der Waals surface area contributed by atoms with Crippen molar-refractivity contribution in [2.75, 3.05) is 19.6 Å². The standard InChI is InChI=1S/C16H22N2O4/c1-16(2,3)22-15(20)17-9-10-18(14(19)11-17)21-12-13-7-5-4-6-8-13/h4-8H,9-12H2,1-3H3. The molecule has 1 aliphatic heterocycles. The summed E-state index contributed by atoms with van der Waals surface area (Å²) in [6.45, 7) is 6.44. The normalized spacial score (nSPS) is 15.9. The maximum Gasteiger partial charge on any atom is 0.410 e. The molecule has 0 N–H and O–H groups in total. The third-order valence-corrected chi connectivity index (χ3v) is 3.06. The maximum atomic E-state index is 12.0. The van der Waals surface area contributed by atoms with Gasteiger partial charge in [-0.3, -0.25) is 14.5 Å². The lowest BCUT2D eigenvalue weighted by Crippen LogP contribution is -2.52. The molecule has 120 valence electrons. The van der Waals surface area contributed by atoms with Crippen LogP contribution >= 0.6 is 0 Å². The van der Waals surface area contributed by atoms with E-state index >= 15 is 0 Å². The number of hydroxylamine groups is 2. The van der Waals surface area contributed by atoms with Crippen LogP contribution in [0.15, 0.2) is 30.3 Å². The fourth-order valence-electron chi connectivity index (χ4n) is 2.00. The van der Waals surface area contributed by atoms with Gasteiger partial charge in [-0.2, -0.15) is 0 Å². The summed E-state index contributed by atoms with van der Waals surface area (Å²) < 4.78 is 5.27. The van der Waals surface area contributed by atoms with Gasteiger partial charge in [0.25, 0.3) is 5.91 Å². The Hall–Kier alpha value is -2.08. The monoisotopic (exact) mass is 306 g/mol. The van der Waals surface area contributed by atoms with Gasteiger partial charge in [0.15, 0.2) is 0 Å². The third kappa shape index (κ3) is 4.73. The summed E-state index contributed by atoms with van der Waals surface area (Å²) in [5.74, 6) is -0.243. The average Bonchev–Trinajstić information content (AvgIpc) is 2.45. The van der Waals surface area contributed by atoms with E-state index in [-0.39, 0.29) is 12.5 Å². The summed E-state index contributed by atoms with van der Waals surface area (Å²) in [5, 5.41) is 1.31. The highest BCUT2D eigenvalue weighted by atomic mass is 16.7. The third-order valence-electron chi connectivity index (χ3n) is 3.06. The molecule has 1 aromatic rings. The van der Waals surface area contributed by atoms with Crippen LogP contribution in [0.2, 0.25) is 0 Å². The predicted molar refractivity (Wildman–Crippen MR) is 80.8 cm³/mol. The highest BCUT2D eigenvalue weighted by Gasteiger charge is 2.30. The Morgan fingerprint density at radius 1 is 1.18 bits per heavy atom. The summed E-state index contributed by atoms with van der Waals surface area (Å²) in [7, 11) is 0. The molecule has 1 aliphatic rings. The molecule has 0 unspecified atom stereocenters. The number of hydrogen-bond donors (Lipinski definition) is 0. The molecule has 22 heavy (non-hydrogen) atoms. The molecule has 2 amide bonds. The molecule has 1 fully saturated rings. The fraction of sp³-hybridized carbons (Fsp3) is 0.500. The summed E-state index contributed by atoms with van der Waals surface area (Å²) >= 11 is 0. The molecule has 6 heteroatoms. The van der Waals surface area contributed by atoms with E-state index < -0.39 is 11.7 Å². The Bertz CT molecular complexity index is 525. The Balaban J connectivity index is 1.82.